The predicted octanol–water partition coefficient (Wildman–Crippen LogP) is 6.05. The second-order valence-corrected chi connectivity index (χ2v) is 10.5. The Bertz CT molecular complexity index is 1100. The Morgan fingerprint density at radius 3 is 2.62 bits per heavy atom. The van der Waals surface area contributed by atoms with Crippen molar-refractivity contribution >= 4 is 68.8 Å². The normalized spacial score (nSPS) is 18.3. The topological polar surface area (TPSA) is 55.8 Å². The van der Waals surface area contributed by atoms with Crippen molar-refractivity contribution in [2.75, 3.05) is 7.11 Å². The van der Waals surface area contributed by atoms with Gasteiger partial charge in [-0.05, 0) is 71.3 Å². The molecule has 2 aromatic carbocycles. The standard InChI is InChI=1S/C24H22INO4S2/c1-29-20-13-15(11-12-19(20)30-23(28)17-9-5-6-10-18(17)25)14-21-22(27)26(24(31)32-21)16-7-3-2-4-8-16/h5-6,9-14,16H,2-4,7-8H2,1H3/b21-14-. The molecular formula is C24H22INO4S2. The largest absolute Gasteiger partial charge is 0.493 e. The summed E-state index contributed by atoms with van der Waals surface area (Å²) in [5.41, 5.74) is 1.27. The molecule has 1 aliphatic heterocycles. The Morgan fingerprint density at radius 2 is 1.91 bits per heavy atom. The van der Waals surface area contributed by atoms with E-state index in [9.17, 15) is 9.59 Å². The fourth-order valence-corrected chi connectivity index (χ4v) is 5.93. The van der Waals surface area contributed by atoms with Gasteiger partial charge in [0.1, 0.15) is 4.32 Å². The van der Waals surface area contributed by atoms with Gasteiger partial charge in [0, 0.05) is 9.61 Å². The summed E-state index contributed by atoms with van der Waals surface area (Å²) in [7, 11) is 1.52. The van der Waals surface area contributed by atoms with E-state index in [1.807, 2.05) is 18.2 Å². The molecular weight excluding hydrogens is 557 g/mol. The maximum atomic E-state index is 13.0. The summed E-state index contributed by atoms with van der Waals surface area (Å²) in [6.45, 7) is 0. The van der Waals surface area contributed by atoms with Crippen molar-refractivity contribution in [3.8, 4) is 11.5 Å². The van der Waals surface area contributed by atoms with E-state index in [0.717, 1.165) is 34.8 Å². The van der Waals surface area contributed by atoms with Crippen LogP contribution in [0.15, 0.2) is 47.4 Å². The Balaban J connectivity index is 1.53. The van der Waals surface area contributed by atoms with Gasteiger partial charge < -0.3 is 9.47 Å². The maximum absolute atomic E-state index is 13.0. The summed E-state index contributed by atoms with van der Waals surface area (Å²) in [6, 6.07) is 12.7. The summed E-state index contributed by atoms with van der Waals surface area (Å²) in [5.74, 6) is 0.263. The SMILES string of the molecule is COc1cc(/C=C2\SC(=S)N(C3CCCCC3)C2=O)ccc1OC(=O)c1ccccc1I. The van der Waals surface area contributed by atoms with Gasteiger partial charge >= 0.3 is 5.97 Å². The molecule has 0 spiro atoms. The summed E-state index contributed by atoms with van der Waals surface area (Å²) in [4.78, 5) is 28.0. The predicted molar refractivity (Wildman–Crippen MR) is 139 cm³/mol. The molecule has 166 valence electrons. The van der Waals surface area contributed by atoms with Gasteiger partial charge in [-0.25, -0.2) is 4.79 Å². The highest BCUT2D eigenvalue weighted by atomic mass is 127. The molecule has 8 heteroatoms. The van der Waals surface area contributed by atoms with E-state index < -0.39 is 5.97 Å². The van der Waals surface area contributed by atoms with Crippen LogP contribution in [0.4, 0.5) is 0 Å². The van der Waals surface area contributed by atoms with Crippen molar-refractivity contribution in [1.82, 2.24) is 4.90 Å². The van der Waals surface area contributed by atoms with Crippen LogP contribution in [0.25, 0.3) is 6.08 Å². The minimum atomic E-state index is -0.450. The summed E-state index contributed by atoms with van der Waals surface area (Å²) in [5, 5.41) is 0. The second kappa shape index (κ2) is 10.4. The van der Waals surface area contributed by atoms with Crippen LogP contribution in [0.5, 0.6) is 11.5 Å². The summed E-state index contributed by atoms with van der Waals surface area (Å²) >= 11 is 8.95. The van der Waals surface area contributed by atoms with E-state index in [4.69, 9.17) is 21.7 Å². The highest BCUT2D eigenvalue weighted by molar-refractivity contribution is 14.1. The van der Waals surface area contributed by atoms with Crippen LogP contribution >= 0.6 is 46.6 Å². The van der Waals surface area contributed by atoms with Gasteiger partial charge in [-0.15, -0.1) is 0 Å². The minimum absolute atomic E-state index is 0.0278. The molecule has 1 saturated heterocycles. The highest BCUT2D eigenvalue weighted by Gasteiger charge is 2.37. The quantitative estimate of drug-likeness (QED) is 0.141. The molecule has 0 unspecified atom stereocenters. The third-order valence-corrected chi connectivity index (χ3v) is 7.82. The Hall–Kier alpha value is -1.91. The fraction of sp³-hybridized carbons (Fsp3) is 0.292. The number of carbonyl (C=O) groups excluding carboxylic acids is 2. The van der Waals surface area contributed by atoms with E-state index in [-0.39, 0.29) is 11.9 Å². The Labute approximate surface area is 210 Å². The molecule has 0 aromatic heterocycles. The molecule has 32 heavy (non-hydrogen) atoms. The number of amides is 1. The molecule has 2 aromatic rings. The van der Waals surface area contributed by atoms with Crippen molar-refractivity contribution in [2.24, 2.45) is 0 Å². The van der Waals surface area contributed by atoms with Crippen molar-refractivity contribution in [2.45, 2.75) is 38.1 Å². The number of thioether (sulfide) groups is 1. The highest BCUT2D eigenvalue weighted by Crippen LogP contribution is 2.38. The fourth-order valence-electron chi connectivity index (χ4n) is 3.93. The van der Waals surface area contributed by atoms with E-state index in [2.05, 4.69) is 22.6 Å². The molecule has 4 rings (SSSR count). The average Bonchev–Trinajstić information content (AvgIpc) is 3.08. The number of hydrogen-bond donors (Lipinski definition) is 0. The molecule has 1 saturated carbocycles. The molecule has 1 amide bonds. The van der Waals surface area contributed by atoms with Crippen LogP contribution in [0.1, 0.15) is 48.0 Å². The molecule has 1 aliphatic carbocycles. The molecule has 2 fully saturated rings. The number of esters is 1. The van der Waals surface area contributed by atoms with Crippen LogP contribution in [0, 0.1) is 3.57 Å². The van der Waals surface area contributed by atoms with E-state index in [1.165, 1.54) is 25.3 Å². The molecule has 0 bridgehead atoms. The average molecular weight is 579 g/mol. The van der Waals surface area contributed by atoms with Crippen LogP contribution in [0.3, 0.4) is 0 Å². The first-order chi connectivity index (χ1) is 15.5. The lowest BCUT2D eigenvalue weighted by Gasteiger charge is -2.29. The lowest BCUT2D eigenvalue weighted by molar-refractivity contribution is -0.124. The van der Waals surface area contributed by atoms with Crippen LogP contribution < -0.4 is 9.47 Å². The third kappa shape index (κ3) is 5.02. The van der Waals surface area contributed by atoms with Gasteiger partial charge in [-0.3, -0.25) is 9.69 Å². The minimum Gasteiger partial charge on any atom is -0.493 e. The number of halogens is 1. The maximum Gasteiger partial charge on any atom is 0.344 e. The number of thiocarbonyl (C=S) groups is 1. The van der Waals surface area contributed by atoms with Gasteiger partial charge in [-0.2, -0.15) is 0 Å². The number of nitrogens with zero attached hydrogens (tertiary/aromatic N) is 1. The van der Waals surface area contributed by atoms with E-state index in [0.29, 0.717) is 26.3 Å². The monoisotopic (exact) mass is 579 g/mol. The number of carbonyl (C=O) groups is 2. The van der Waals surface area contributed by atoms with Crippen LogP contribution in [0.2, 0.25) is 0 Å². The summed E-state index contributed by atoms with van der Waals surface area (Å²) < 4.78 is 12.5. The van der Waals surface area contributed by atoms with Crippen molar-refractivity contribution in [1.29, 1.82) is 0 Å². The van der Waals surface area contributed by atoms with E-state index in [1.54, 1.807) is 35.2 Å². The van der Waals surface area contributed by atoms with E-state index >= 15 is 0 Å². The van der Waals surface area contributed by atoms with Crippen molar-refractivity contribution in [3.05, 3.63) is 62.1 Å². The first kappa shape index (κ1) is 23.3. The number of rotatable bonds is 5. The Morgan fingerprint density at radius 1 is 1.16 bits per heavy atom. The molecule has 0 radical (unpaired) electrons. The number of methoxy groups -OCH3 is 1. The smallest absolute Gasteiger partial charge is 0.344 e. The third-order valence-electron chi connectivity index (χ3n) is 5.55. The number of hydrogen-bond acceptors (Lipinski definition) is 6. The zero-order valence-corrected chi connectivity index (χ0v) is 21.3. The molecule has 0 N–H and O–H groups in total. The zero-order valence-electron chi connectivity index (χ0n) is 17.5. The number of ether oxygens (including phenoxy) is 2. The number of benzene rings is 2. The molecule has 5 nitrogen and oxygen atoms in total. The lowest BCUT2D eigenvalue weighted by atomic mass is 9.94. The molecule has 1 heterocycles. The van der Waals surface area contributed by atoms with Crippen LogP contribution in [-0.2, 0) is 4.79 Å². The first-order valence-electron chi connectivity index (χ1n) is 10.4. The Kier molecular flexibility index (Phi) is 7.52. The van der Waals surface area contributed by atoms with Gasteiger partial charge in [0.2, 0.25) is 0 Å². The molecule has 2 aliphatic rings. The van der Waals surface area contributed by atoms with Gasteiger partial charge in [0.15, 0.2) is 11.5 Å². The second-order valence-electron chi connectivity index (χ2n) is 7.62. The van der Waals surface area contributed by atoms with Gasteiger partial charge in [0.25, 0.3) is 5.91 Å². The first-order valence-corrected chi connectivity index (χ1v) is 12.7. The van der Waals surface area contributed by atoms with Crippen molar-refractivity contribution in [3.63, 3.8) is 0 Å². The van der Waals surface area contributed by atoms with Gasteiger partial charge in [0.05, 0.1) is 17.6 Å². The zero-order chi connectivity index (χ0) is 22.7. The molecule has 0 atom stereocenters. The van der Waals surface area contributed by atoms with Crippen molar-refractivity contribution < 1.29 is 19.1 Å². The lowest BCUT2D eigenvalue weighted by Crippen LogP contribution is -2.39. The van der Waals surface area contributed by atoms with Crippen LogP contribution in [-0.4, -0.2) is 34.2 Å². The van der Waals surface area contributed by atoms with Gasteiger partial charge in [-0.1, -0.05) is 61.4 Å². The summed E-state index contributed by atoms with van der Waals surface area (Å²) in [6.07, 6.45) is 7.33.